The maximum Gasteiger partial charge on any atom is 0.411 e. The predicted molar refractivity (Wildman–Crippen MR) is 84.5 cm³/mol. The molecule has 0 aromatic heterocycles. The molecule has 0 aliphatic heterocycles. The summed E-state index contributed by atoms with van der Waals surface area (Å²) in [6, 6.07) is 15.0. The van der Waals surface area contributed by atoms with Crippen LogP contribution in [0, 0.1) is 11.3 Å². The lowest BCUT2D eigenvalue weighted by Crippen LogP contribution is -2.22. The summed E-state index contributed by atoms with van der Waals surface area (Å²) in [6.45, 7) is -1.13. The summed E-state index contributed by atoms with van der Waals surface area (Å²) in [7, 11) is 0. The van der Waals surface area contributed by atoms with Crippen molar-refractivity contribution in [3.63, 3.8) is 0 Å². The van der Waals surface area contributed by atoms with E-state index < -0.39 is 12.8 Å². The third-order valence-corrected chi connectivity index (χ3v) is 3.29. The predicted octanol–water partition coefficient (Wildman–Crippen LogP) is 3.57. The number of rotatable bonds is 6. The average molecular weight is 348 g/mol. The summed E-state index contributed by atoms with van der Waals surface area (Å²) in [5, 5.41) is 11.5. The molecule has 0 atom stereocenters. The van der Waals surface area contributed by atoms with Crippen LogP contribution in [0.1, 0.15) is 27.0 Å². The van der Waals surface area contributed by atoms with E-state index in [1.54, 1.807) is 48.5 Å². The summed E-state index contributed by atoms with van der Waals surface area (Å²) in [5.74, 6) is -0.276. The Morgan fingerprint density at radius 2 is 1.64 bits per heavy atom. The van der Waals surface area contributed by atoms with Crippen molar-refractivity contribution >= 4 is 5.91 Å². The highest BCUT2D eigenvalue weighted by molar-refractivity contribution is 5.94. The molecule has 0 saturated carbocycles. The zero-order valence-electron chi connectivity index (χ0n) is 13.1. The standard InChI is InChI=1S/C18H15F3N2O2/c19-18(20,21)12-25-11-15-3-1-14(2-4-15)10-23-17(24)16-7-5-13(9-22)6-8-16/h1-8H,10-12H2,(H,23,24). The Bertz CT molecular complexity index is 748. The van der Waals surface area contributed by atoms with Crippen LogP contribution in [0.15, 0.2) is 48.5 Å². The number of hydrogen-bond acceptors (Lipinski definition) is 3. The number of nitriles is 1. The van der Waals surface area contributed by atoms with Crippen LogP contribution in [-0.2, 0) is 17.9 Å². The molecule has 1 N–H and O–H groups in total. The second-order valence-corrected chi connectivity index (χ2v) is 5.30. The van der Waals surface area contributed by atoms with Gasteiger partial charge in [0.25, 0.3) is 5.91 Å². The number of nitrogens with one attached hydrogen (secondary N) is 1. The van der Waals surface area contributed by atoms with E-state index in [2.05, 4.69) is 10.1 Å². The van der Waals surface area contributed by atoms with E-state index in [1.807, 2.05) is 6.07 Å². The zero-order chi connectivity index (χ0) is 18.3. The molecule has 0 aliphatic carbocycles. The van der Waals surface area contributed by atoms with Gasteiger partial charge in [-0.3, -0.25) is 4.79 Å². The molecule has 0 bridgehead atoms. The molecule has 0 saturated heterocycles. The third-order valence-electron chi connectivity index (χ3n) is 3.29. The van der Waals surface area contributed by atoms with Crippen LogP contribution in [0.4, 0.5) is 13.2 Å². The maximum atomic E-state index is 12.0. The first-order chi connectivity index (χ1) is 11.9. The van der Waals surface area contributed by atoms with Crippen molar-refractivity contribution < 1.29 is 22.7 Å². The lowest BCUT2D eigenvalue weighted by Gasteiger charge is -2.09. The van der Waals surface area contributed by atoms with E-state index >= 15 is 0 Å². The van der Waals surface area contributed by atoms with Gasteiger partial charge in [0, 0.05) is 12.1 Å². The first kappa shape index (κ1) is 18.5. The maximum absolute atomic E-state index is 12.0. The molecule has 0 radical (unpaired) electrons. The highest BCUT2D eigenvalue weighted by atomic mass is 19.4. The molecule has 0 fully saturated rings. The van der Waals surface area contributed by atoms with Gasteiger partial charge in [0.2, 0.25) is 0 Å². The van der Waals surface area contributed by atoms with Crippen molar-refractivity contribution in [1.82, 2.24) is 5.32 Å². The minimum atomic E-state index is -4.34. The van der Waals surface area contributed by atoms with Crippen molar-refractivity contribution in [3.8, 4) is 6.07 Å². The highest BCUT2D eigenvalue weighted by Gasteiger charge is 2.27. The number of hydrogen-bond donors (Lipinski definition) is 1. The quantitative estimate of drug-likeness (QED) is 0.868. The van der Waals surface area contributed by atoms with E-state index in [4.69, 9.17) is 5.26 Å². The Hall–Kier alpha value is -2.85. The molecule has 2 aromatic carbocycles. The molecular weight excluding hydrogens is 333 g/mol. The van der Waals surface area contributed by atoms with Crippen LogP contribution < -0.4 is 5.32 Å². The molecule has 4 nitrogen and oxygen atoms in total. The molecule has 130 valence electrons. The minimum Gasteiger partial charge on any atom is -0.367 e. The normalized spacial score (nSPS) is 11.0. The molecule has 0 unspecified atom stereocenters. The molecule has 2 rings (SSSR count). The van der Waals surface area contributed by atoms with Gasteiger partial charge in [0.05, 0.1) is 18.2 Å². The number of amides is 1. The molecule has 1 amide bonds. The number of alkyl halides is 3. The summed E-state index contributed by atoms with van der Waals surface area (Å²) in [4.78, 5) is 12.0. The molecule has 0 aliphatic rings. The van der Waals surface area contributed by atoms with Crippen LogP contribution in [0.25, 0.3) is 0 Å². The van der Waals surface area contributed by atoms with Gasteiger partial charge < -0.3 is 10.1 Å². The number of carbonyl (C=O) groups is 1. The van der Waals surface area contributed by atoms with Gasteiger partial charge in [0.15, 0.2) is 0 Å². The zero-order valence-corrected chi connectivity index (χ0v) is 13.1. The van der Waals surface area contributed by atoms with E-state index in [9.17, 15) is 18.0 Å². The molecule has 0 spiro atoms. The van der Waals surface area contributed by atoms with E-state index in [0.717, 1.165) is 5.56 Å². The van der Waals surface area contributed by atoms with Crippen LogP contribution >= 0.6 is 0 Å². The number of nitrogens with zero attached hydrogens (tertiary/aromatic N) is 1. The van der Waals surface area contributed by atoms with Crippen LogP contribution in [-0.4, -0.2) is 18.7 Å². The minimum absolute atomic E-state index is 0.128. The molecule has 25 heavy (non-hydrogen) atoms. The molecular formula is C18H15F3N2O2. The fourth-order valence-corrected chi connectivity index (χ4v) is 2.02. The first-order valence-corrected chi connectivity index (χ1v) is 7.38. The second-order valence-electron chi connectivity index (χ2n) is 5.30. The Labute approximate surface area is 142 Å². The SMILES string of the molecule is N#Cc1ccc(C(=O)NCc2ccc(COCC(F)(F)F)cc2)cc1. The lowest BCUT2D eigenvalue weighted by molar-refractivity contribution is -0.176. The van der Waals surface area contributed by atoms with Gasteiger partial charge in [-0.05, 0) is 35.4 Å². The van der Waals surface area contributed by atoms with Crippen molar-refractivity contribution in [2.75, 3.05) is 6.61 Å². The van der Waals surface area contributed by atoms with E-state index in [1.165, 1.54) is 0 Å². The largest absolute Gasteiger partial charge is 0.411 e. The summed E-state index contributed by atoms with van der Waals surface area (Å²) >= 11 is 0. The van der Waals surface area contributed by atoms with Crippen LogP contribution in [0.2, 0.25) is 0 Å². The van der Waals surface area contributed by atoms with Crippen molar-refractivity contribution in [3.05, 3.63) is 70.8 Å². The number of benzene rings is 2. The van der Waals surface area contributed by atoms with Crippen LogP contribution in [0.5, 0.6) is 0 Å². The summed E-state index contributed by atoms with van der Waals surface area (Å²) in [6.07, 6.45) is -4.34. The Kier molecular flexibility index (Phi) is 6.14. The summed E-state index contributed by atoms with van der Waals surface area (Å²) in [5.41, 5.74) is 2.34. The highest BCUT2D eigenvalue weighted by Crippen LogP contribution is 2.16. The third kappa shape index (κ3) is 6.28. The van der Waals surface area contributed by atoms with Crippen molar-refractivity contribution in [2.24, 2.45) is 0 Å². The molecule has 0 heterocycles. The number of halogens is 3. The summed E-state index contributed by atoms with van der Waals surface area (Å²) < 4.78 is 40.6. The van der Waals surface area contributed by atoms with Crippen LogP contribution in [0.3, 0.4) is 0 Å². The topological polar surface area (TPSA) is 62.1 Å². The van der Waals surface area contributed by atoms with Gasteiger partial charge in [-0.1, -0.05) is 24.3 Å². The first-order valence-electron chi connectivity index (χ1n) is 7.38. The fourth-order valence-electron chi connectivity index (χ4n) is 2.02. The van der Waals surface area contributed by atoms with Gasteiger partial charge in [-0.15, -0.1) is 0 Å². The Morgan fingerprint density at radius 3 is 2.20 bits per heavy atom. The average Bonchev–Trinajstić information content (AvgIpc) is 2.60. The Morgan fingerprint density at radius 1 is 1.04 bits per heavy atom. The second kappa shape index (κ2) is 8.31. The molecule has 2 aromatic rings. The smallest absolute Gasteiger partial charge is 0.367 e. The van der Waals surface area contributed by atoms with Gasteiger partial charge in [-0.2, -0.15) is 18.4 Å². The van der Waals surface area contributed by atoms with E-state index in [-0.39, 0.29) is 19.1 Å². The van der Waals surface area contributed by atoms with Gasteiger partial charge in [-0.25, -0.2) is 0 Å². The monoisotopic (exact) mass is 348 g/mol. The van der Waals surface area contributed by atoms with Crippen molar-refractivity contribution in [1.29, 1.82) is 5.26 Å². The lowest BCUT2D eigenvalue weighted by atomic mass is 10.1. The number of ether oxygens (including phenoxy) is 1. The van der Waals surface area contributed by atoms with E-state index in [0.29, 0.717) is 16.7 Å². The Balaban J connectivity index is 1.82. The van der Waals surface area contributed by atoms with Gasteiger partial charge in [0.1, 0.15) is 6.61 Å². The molecule has 7 heteroatoms. The van der Waals surface area contributed by atoms with Gasteiger partial charge >= 0.3 is 6.18 Å². The van der Waals surface area contributed by atoms with Crippen molar-refractivity contribution in [2.45, 2.75) is 19.3 Å². The fraction of sp³-hybridized carbons (Fsp3) is 0.222. The number of carbonyl (C=O) groups excluding carboxylic acids is 1.